The monoisotopic (exact) mass is 309 g/mol. The molecule has 0 aliphatic heterocycles. The van der Waals surface area contributed by atoms with Crippen LogP contribution >= 0.6 is 0 Å². The number of hydrogen-bond donors (Lipinski definition) is 1. The van der Waals surface area contributed by atoms with Crippen molar-refractivity contribution in [2.24, 2.45) is 0 Å². The minimum atomic E-state index is -0.306. The Bertz CT molecular complexity index is 807. The highest BCUT2D eigenvalue weighted by atomic mass is 19.1. The van der Waals surface area contributed by atoms with Crippen molar-refractivity contribution in [2.45, 2.75) is 13.3 Å². The molecule has 0 aliphatic rings. The van der Waals surface area contributed by atoms with E-state index >= 15 is 0 Å². The van der Waals surface area contributed by atoms with Crippen molar-refractivity contribution in [1.82, 2.24) is 9.55 Å². The summed E-state index contributed by atoms with van der Waals surface area (Å²) in [5, 5.41) is 2.83. The second kappa shape index (κ2) is 6.44. The molecular weight excluding hydrogens is 293 g/mol. The molecule has 1 heterocycles. The van der Waals surface area contributed by atoms with Crippen LogP contribution in [0.3, 0.4) is 0 Å². The summed E-state index contributed by atoms with van der Waals surface area (Å²) in [6, 6.07) is 13.5. The molecule has 0 spiro atoms. The van der Waals surface area contributed by atoms with E-state index in [1.165, 1.54) is 12.1 Å². The molecule has 0 radical (unpaired) electrons. The molecule has 0 fully saturated rings. The highest BCUT2D eigenvalue weighted by Crippen LogP contribution is 2.15. The molecule has 23 heavy (non-hydrogen) atoms. The summed E-state index contributed by atoms with van der Waals surface area (Å²) in [7, 11) is 0. The Morgan fingerprint density at radius 3 is 2.43 bits per heavy atom. The van der Waals surface area contributed by atoms with Crippen molar-refractivity contribution >= 4 is 11.6 Å². The number of carbonyl (C=O) groups is 1. The standard InChI is InChI=1S/C18H16FN3O/c1-13-20-10-11-22(13)17-8-6-16(7-9-17)21-18(23)12-14-2-4-15(19)5-3-14/h2-11H,12H2,1H3,(H,21,23). The first-order valence-electron chi connectivity index (χ1n) is 7.26. The second-order valence-corrected chi connectivity index (χ2v) is 5.24. The highest BCUT2D eigenvalue weighted by molar-refractivity contribution is 5.92. The zero-order valence-electron chi connectivity index (χ0n) is 12.7. The predicted molar refractivity (Wildman–Crippen MR) is 87.0 cm³/mol. The van der Waals surface area contributed by atoms with Crippen LogP contribution in [-0.4, -0.2) is 15.5 Å². The summed E-state index contributed by atoms with van der Waals surface area (Å²) in [5.41, 5.74) is 2.48. The van der Waals surface area contributed by atoms with Gasteiger partial charge >= 0.3 is 0 Å². The van der Waals surface area contributed by atoms with E-state index in [1.807, 2.05) is 42.0 Å². The number of rotatable bonds is 4. The van der Waals surface area contributed by atoms with E-state index < -0.39 is 0 Å². The van der Waals surface area contributed by atoms with E-state index in [9.17, 15) is 9.18 Å². The lowest BCUT2D eigenvalue weighted by Gasteiger charge is -2.08. The fourth-order valence-electron chi connectivity index (χ4n) is 2.35. The van der Waals surface area contributed by atoms with E-state index in [0.29, 0.717) is 0 Å². The molecule has 0 saturated carbocycles. The first kappa shape index (κ1) is 15.0. The van der Waals surface area contributed by atoms with Gasteiger partial charge in [0.1, 0.15) is 11.6 Å². The Hall–Kier alpha value is -2.95. The number of aryl methyl sites for hydroxylation is 1. The number of carbonyl (C=O) groups excluding carboxylic acids is 1. The summed E-state index contributed by atoms with van der Waals surface area (Å²) < 4.78 is 14.8. The Labute approximate surface area is 133 Å². The van der Waals surface area contributed by atoms with Gasteiger partial charge in [-0.15, -0.1) is 0 Å². The largest absolute Gasteiger partial charge is 0.326 e. The Kier molecular flexibility index (Phi) is 4.19. The molecule has 0 atom stereocenters. The first-order chi connectivity index (χ1) is 11.1. The van der Waals surface area contributed by atoms with Gasteiger partial charge in [-0.2, -0.15) is 0 Å². The molecule has 5 heteroatoms. The third kappa shape index (κ3) is 3.63. The molecule has 116 valence electrons. The number of nitrogens with zero attached hydrogens (tertiary/aromatic N) is 2. The topological polar surface area (TPSA) is 46.9 Å². The zero-order valence-corrected chi connectivity index (χ0v) is 12.7. The molecule has 0 bridgehead atoms. The van der Waals surface area contributed by atoms with Crippen molar-refractivity contribution in [1.29, 1.82) is 0 Å². The molecule has 4 nitrogen and oxygen atoms in total. The predicted octanol–water partition coefficient (Wildman–Crippen LogP) is 3.50. The SMILES string of the molecule is Cc1nccn1-c1ccc(NC(=O)Cc2ccc(F)cc2)cc1. The van der Waals surface area contributed by atoms with Crippen LogP contribution < -0.4 is 5.32 Å². The fraction of sp³-hybridized carbons (Fsp3) is 0.111. The quantitative estimate of drug-likeness (QED) is 0.802. The van der Waals surface area contributed by atoms with Gasteiger partial charge in [0.05, 0.1) is 6.42 Å². The molecule has 0 saturated heterocycles. The third-order valence-electron chi connectivity index (χ3n) is 3.53. The van der Waals surface area contributed by atoms with Crippen LogP contribution in [0.1, 0.15) is 11.4 Å². The average Bonchev–Trinajstić information content (AvgIpc) is 2.96. The number of halogens is 1. The maximum Gasteiger partial charge on any atom is 0.228 e. The number of nitrogens with one attached hydrogen (secondary N) is 1. The average molecular weight is 309 g/mol. The first-order valence-corrected chi connectivity index (χ1v) is 7.26. The van der Waals surface area contributed by atoms with Gasteiger partial charge in [0.15, 0.2) is 0 Å². The van der Waals surface area contributed by atoms with Gasteiger partial charge in [0.2, 0.25) is 5.91 Å². The van der Waals surface area contributed by atoms with Crippen LogP contribution in [0.5, 0.6) is 0 Å². The Morgan fingerprint density at radius 1 is 1.13 bits per heavy atom. The van der Waals surface area contributed by atoms with Gasteiger partial charge in [-0.05, 0) is 48.9 Å². The summed E-state index contributed by atoms with van der Waals surface area (Å²) >= 11 is 0. The Morgan fingerprint density at radius 2 is 1.83 bits per heavy atom. The lowest BCUT2D eigenvalue weighted by Crippen LogP contribution is -2.14. The van der Waals surface area contributed by atoms with Crippen LogP contribution in [0.25, 0.3) is 5.69 Å². The van der Waals surface area contributed by atoms with E-state index in [0.717, 1.165) is 22.8 Å². The lowest BCUT2D eigenvalue weighted by molar-refractivity contribution is -0.115. The number of anilines is 1. The molecule has 3 aromatic rings. The number of amides is 1. The van der Waals surface area contributed by atoms with E-state index in [2.05, 4.69) is 10.3 Å². The molecule has 0 unspecified atom stereocenters. The number of benzene rings is 2. The molecule has 1 N–H and O–H groups in total. The van der Waals surface area contributed by atoms with E-state index in [1.54, 1.807) is 18.3 Å². The number of hydrogen-bond acceptors (Lipinski definition) is 2. The van der Waals surface area contributed by atoms with Crippen molar-refractivity contribution in [3.05, 3.63) is 78.1 Å². The Balaban J connectivity index is 1.65. The summed E-state index contributed by atoms with van der Waals surface area (Å²) in [6.07, 6.45) is 3.84. The minimum absolute atomic E-state index is 0.136. The van der Waals surface area contributed by atoms with Crippen LogP contribution in [0.4, 0.5) is 10.1 Å². The third-order valence-corrected chi connectivity index (χ3v) is 3.53. The van der Waals surface area contributed by atoms with Gasteiger partial charge in [-0.3, -0.25) is 4.79 Å². The maximum absolute atomic E-state index is 12.8. The van der Waals surface area contributed by atoms with Gasteiger partial charge in [-0.25, -0.2) is 9.37 Å². The van der Waals surface area contributed by atoms with Gasteiger partial charge in [-0.1, -0.05) is 12.1 Å². The summed E-state index contributed by atoms with van der Waals surface area (Å²) in [6.45, 7) is 1.93. The maximum atomic E-state index is 12.8. The second-order valence-electron chi connectivity index (χ2n) is 5.24. The minimum Gasteiger partial charge on any atom is -0.326 e. The normalized spacial score (nSPS) is 10.5. The van der Waals surface area contributed by atoms with Crippen molar-refractivity contribution in [3.63, 3.8) is 0 Å². The molecule has 3 rings (SSSR count). The van der Waals surface area contributed by atoms with Crippen LogP contribution in [0.15, 0.2) is 60.9 Å². The lowest BCUT2D eigenvalue weighted by atomic mass is 10.1. The van der Waals surface area contributed by atoms with Gasteiger partial charge in [0, 0.05) is 23.8 Å². The fourth-order valence-corrected chi connectivity index (χ4v) is 2.35. The van der Waals surface area contributed by atoms with E-state index in [-0.39, 0.29) is 18.1 Å². The highest BCUT2D eigenvalue weighted by Gasteiger charge is 2.05. The van der Waals surface area contributed by atoms with Crippen LogP contribution in [0.2, 0.25) is 0 Å². The number of imidazole rings is 1. The summed E-state index contributed by atoms with van der Waals surface area (Å²) in [4.78, 5) is 16.2. The van der Waals surface area contributed by atoms with E-state index in [4.69, 9.17) is 0 Å². The van der Waals surface area contributed by atoms with Gasteiger partial charge < -0.3 is 9.88 Å². The van der Waals surface area contributed by atoms with Crippen LogP contribution in [0, 0.1) is 12.7 Å². The number of aromatic nitrogens is 2. The van der Waals surface area contributed by atoms with Crippen molar-refractivity contribution in [3.8, 4) is 5.69 Å². The molecule has 1 aromatic heterocycles. The molecular formula is C18H16FN3O. The molecule has 0 aliphatic carbocycles. The van der Waals surface area contributed by atoms with Crippen molar-refractivity contribution < 1.29 is 9.18 Å². The summed E-state index contributed by atoms with van der Waals surface area (Å²) in [5.74, 6) is 0.459. The molecule has 1 amide bonds. The molecule has 2 aromatic carbocycles. The zero-order chi connectivity index (χ0) is 16.2. The van der Waals surface area contributed by atoms with Gasteiger partial charge in [0.25, 0.3) is 0 Å². The van der Waals surface area contributed by atoms with Crippen molar-refractivity contribution in [2.75, 3.05) is 5.32 Å². The smallest absolute Gasteiger partial charge is 0.228 e. The van der Waals surface area contributed by atoms with Crippen LogP contribution in [-0.2, 0) is 11.2 Å².